The molecule has 0 saturated heterocycles. The van der Waals surface area contributed by atoms with Crippen LogP contribution in [0, 0.1) is 11.3 Å². The number of nitriles is 1. The van der Waals surface area contributed by atoms with Gasteiger partial charge < -0.3 is 10.1 Å². The molecule has 33 heavy (non-hydrogen) atoms. The predicted octanol–water partition coefficient (Wildman–Crippen LogP) is 6.99. The van der Waals surface area contributed by atoms with Crippen molar-refractivity contribution in [3.05, 3.63) is 104 Å². The standard InChI is InChI=1S/C26H21BrCl2N2O2/c27-22-9-11-25(33-17-19-8-10-23(28)24(29)13-19)20(15-22)14-21(16-30)26(32)31-12-4-7-18-5-2-1-3-6-18/h1-3,5-6,8-11,13-15H,4,7,12,17H2,(H,31,32)/b21-14-. The van der Waals surface area contributed by atoms with Crippen LogP contribution in [-0.4, -0.2) is 12.5 Å². The fourth-order valence-corrected chi connectivity index (χ4v) is 3.79. The molecule has 3 rings (SSSR count). The van der Waals surface area contributed by atoms with Crippen LogP contribution in [0.4, 0.5) is 0 Å². The normalized spacial score (nSPS) is 11.0. The van der Waals surface area contributed by atoms with Crippen LogP contribution in [0.15, 0.2) is 76.8 Å². The van der Waals surface area contributed by atoms with Crippen molar-refractivity contribution in [2.24, 2.45) is 0 Å². The average Bonchev–Trinajstić information content (AvgIpc) is 2.82. The summed E-state index contributed by atoms with van der Waals surface area (Å²) in [4.78, 5) is 12.6. The number of carbonyl (C=O) groups excluding carboxylic acids is 1. The molecule has 168 valence electrons. The Kier molecular flexibility index (Phi) is 9.38. The first-order chi connectivity index (χ1) is 16.0. The highest BCUT2D eigenvalue weighted by molar-refractivity contribution is 9.10. The topological polar surface area (TPSA) is 62.1 Å². The number of ether oxygens (including phenoxy) is 1. The number of halogens is 3. The third-order valence-electron chi connectivity index (χ3n) is 4.79. The van der Waals surface area contributed by atoms with Gasteiger partial charge in [-0.3, -0.25) is 4.79 Å². The molecule has 1 amide bonds. The molecule has 0 bridgehead atoms. The van der Waals surface area contributed by atoms with Gasteiger partial charge in [-0.2, -0.15) is 5.26 Å². The van der Waals surface area contributed by atoms with Gasteiger partial charge in [0.1, 0.15) is 24.0 Å². The molecule has 0 aliphatic rings. The molecule has 0 aliphatic heterocycles. The molecular weight excluding hydrogens is 523 g/mol. The lowest BCUT2D eigenvalue weighted by molar-refractivity contribution is -0.117. The third kappa shape index (κ3) is 7.64. The van der Waals surface area contributed by atoms with Gasteiger partial charge >= 0.3 is 0 Å². The second-order valence-electron chi connectivity index (χ2n) is 7.23. The molecule has 1 N–H and O–H groups in total. The Balaban J connectivity index is 1.66. The van der Waals surface area contributed by atoms with E-state index in [1.165, 1.54) is 11.6 Å². The molecule has 0 atom stereocenters. The number of carbonyl (C=O) groups is 1. The van der Waals surface area contributed by atoms with E-state index >= 15 is 0 Å². The number of nitrogens with zero attached hydrogens (tertiary/aromatic N) is 1. The van der Waals surface area contributed by atoms with Crippen molar-refractivity contribution < 1.29 is 9.53 Å². The molecule has 0 heterocycles. The molecule has 0 saturated carbocycles. The van der Waals surface area contributed by atoms with Gasteiger partial charge in [0.15, 0.2) is 0 Å². The van der Waals surface area contributed by atoms with E-state index in [-0.39, 0.29) is 12.2 Å². The first-order valence-electron chi connectivity index (χ1n) is 10.3. The van der Waals surface area contributed by atoms with Crippen LogP contribution in [0.3, 0.4) is 0 Å². The van der Waals surface area contributed by atoms with E-state index in [1.54, 1.807) is 24.3 Å². The van der Waals surface area contributed by atoms with E-state index in [0.717, 1.165) is 22.9 Å². The quantitative estimate of drug-likeness (QED) is 0.180. The van der Waals surface area contributed by atoms with E-state index in [2.05, 4.69) is 33.4 Å². The lowest BCUT2D eigenvalue weighted by Gasteiger charge is -2.11. The highest BCUT2D eigenvalue weighted by Gasteiger charge is 2.12. The minimum atomic E-state index is -0.416. The molecule has 0 unspecified atom stereocenters. The van der Waals surface area contributed by atoms with E-state index in [1.807, 2.05) is 36.4 Å². The van der Waals surface area contributed by atoms with Crippen LogP contribution in [-0.2, 0) is 17.8 Å². The Morgan fingerprint density at radius 3 is 2.55 bits per heavy atom. The molecule has 0 aromatic heterocycles. The third-order valence-corrected chi connectivity index (χ3v) is 6.02. The van der Waals surface area contributed by atoms with Gasteiger partial charge in [-0.1, -0.05) is 75.5 Å². The fraction of sp³-hybridized carbons (Fsp3) is 0.154. The summed E-state index contributed by atoms with van der Waals surface area (Å²) in [5.74, 6) is 0.120. The van der Waals surface area contributed by atoms with E-state index in [0.29, 0.717) is 27.9 Å². The van der Waals surface area contributed by atoms with Crippen molar-refractivity contribution in [3.63, 3.8) is 0 Å². The summed E-state index contributed by atoms with van der Waals surface area (Å²) in [6, 6.07) is 22.7. The Bertz CT molecular complexity index is 1190. The zero-order chi connectivity index (χ0) is 23.6. The van der Waals surface area contributed by atoms with Crippen LogP contribution in [0.25, 0.3) is 6.08 Å². The summed E-state index contributed by atoms with van der Waals surface area (Å²) in [5.41, 5.74) is 2.67. The number of hydrogen-bond donors (Lipinski definition) is 1. The fourth-order valence-electron chi connectivity index (χ4n) is 3.09. The van der Waals surface area contributed by atoms with Crippen LogP contribution < -0.4 is 10.1 Å². The molecule has 0 radical (unpaired) electrons. The molecule has 0 fully saturated rings. The molecule has 7 heteroatoms. The van der Waals surface area contributed by atoms with Gasteiger partial charge in [0.25, 0.3) is 5.91 Å². The highest BCUT2D eigenvalue weighted by atomic mass is 79.9. The van der Waals surface area contributed by atoms with Gasteiger partial charge in [0, 0.05) is 16.6 Å². The summed E-state index contributed by atoms with van der Waals surface area (Å²) < 4.78 is 6.74. The van der Waals surface area contributed by atoms with Crippen molar-refractivity contribution in [1.82, 2.24) is 5.32 Å². The maximum Gasteiger partial charge on any atom is 0.261 e. The zero-order valence-corrected chi connectivity index (χ0v) is 20.8. The van der Waals surface area contributed by atoms with Gasteiger partial charge in [0.05, 0.1) is 10.0 Å². The van der Waals surface area contributed by atoms with Crippen molar-refractivity contribution >= 4 is 51.1 Å². The Morgan fingerprint density at radius 2 is 1.82 bits per heavy atom. The van der Waals surface area contributed by atoms with Crippen molar-refractivity contribution in [2.75, 3.05) is 6.54 Å². The van der Waals surface area contributed by atoms with E-state index in [4.69, 9.17) is 27.9 Å². The number of rotatable bonds is 9. The van der Waals surface area contributed by atoms with Crippen LogP contribution >= 0.6 is 39.1 Å². The molecule has 0 aliphatic carbocycles. The molecule has 3 aromatic carbocycles. The largest absolute Gasteiger partial charge is 0.488 e. The maximum atomic E-state index is 12.6. The first-order valence-corrected chi connectivity index (χ1v) is 11.8. The minimum absolute atomic E-state index is 0.00667. The van der Waals surface area contributed by atoms with Crippen LogP contribution in [0.5, 0.6) is 5.75 Å². The molecule has 0 spiro atoms. The van der Waals surface area contributed by atoms with Gasteiger partial charge in [-0.15, -0.1) is 0 Å². The minimum Gasteiger partial charge on any atom is -0.488 e. The van der Waals surface area contributed by atoms with E-state index in [9.17, 15) is 10.1 Å². The lowest BCUT2D eigenvalue weighted by atomic mass is 10.1. The zero-order valence-electron chi connectivity index (χ0n) is 17.7. The van der Waals surface area contributed by atoms with Crippen molar-refractivity contribution in [1.29, 1.82) is 5.26 Å². The second kappa shape index (κ2) is 12.5. The number of amides is 1. The smallest absolute Gasteiger partial charge is 0.261 e. The van der Waals surface area contributed by atoms with Crippen LogP contribution in [0.1, 0.15) is 23.1 Å². The van der Waals surface area contributed by atoms with Crippen molar-refractivity contribution in [2.45, 2.75) is 19.4 Å². The Morgan fingerprint density at radius 1 is 1.03 bits per heavy atom. The van der Waals surface area contributed by atoms with Gasteiger partial charge in [-0.25, -0.2) is 0 Å². The number of hydrogen-bond acceptors (Lipinski definition) is 3. The van der Waals surface area contributed by atoms with Gasteiger partial charge in [-0.05, 0) is 60.4 Å². The second-order valence-corrected chi connectivity index (χ2v) is 8.96. The highest BCUT2D eigenvalue weighted by Crippen LogP contribution is 2.28. The maximum absolute atomic E-state index is 12.6. The molecular formula is C26H21BrCl2N2O2. The first kappa shape index (κ1) is 24.9. The number of nitrogens with one attached hydrogen (secondary N) is 1. The SMILES string of the molecule is N#C/C(=C/c1cc(Br)ccc1OCc1ccc(Cl)c(Cl)c1)C(=O)NCCCc1ccccc1. The summed E-state index contributed by atoms with van der Waals surface area (Å²) in [6.07, 6.45) is 3.16. The lowest BCUT2D eigenvalue weighted by Crippen LogP contribution is -2.25. The monoisotopic (exact) mass is 542 g/mol. The average molecular weight is 544 g/mol. The summed E-state index contributed by atoms with van der Waals surface area (Å²) >= 11 is 15.5. The predicted molar refractivity (Wildman–Crippen MR) is 136 cm³/mol. The summed E-state index contributed by atoms with van der Waals surface area (Å²) in [6.45, 7) is 0.735. The Hall–Kier alpha value is -2.78. The Labute approximate surface area is 211 Å². The molecule has 3 aromatic rings. The van der Waals surface area contributed by atoms with Gasteiger partial charge in [0.2, 0.25) is 0 Å². The van der Waals surface area contributed by atoms with E-state index < -0.39 is 5.91 Å². The van der Waals surface area contributed by atoms with Crippen molar-refractivity contribution in [3.8, 4) is 11.8 Å². The summed E-state index contributed by atoms with van der Waals surface area (Å²) in [5, 5.41) is 13.3. The number of aryl methyl sites for hydroxylation is 1. The summed E-state index contributed by atoms with van der Waals surface area (Å²) in [7, 11) is 0. The van der Waals surface area contributed by atoms with Crippen LogP contribution in [0.2, 0.25) is 10.0 Å². The number of benzene rings is 3. The molecule has 4 nitrogen and oxygen atoms in total.